The predicted molar refractivity (Wildman–Crippen MR) is 52.6 cm³/mol. The third-order valence-electron chi connectivity index (χ3n) is 1.56. The van der Waals surface area contributed by atoms with Crippen molar-refractivity contribution in [3.8, 4) is 0 Å². The normalized spacial score (nSPS) is 9.08. The molecule has 1 rings (SSSR count). The van der Waals surface area contributed by atoms with E-state index in [9.17, 15) is 4.39 Å². The molecule has 72 valence electrons. The largest absolute Gasteiger partial charge is 0.384 e. The van der Waals surface area contributed by atoms with E-state index in [0.29, 0.717) is 5.56 Å². The first-order valence-corrected chi connectivity index (χ1v) is 3.48. The van der Waals surface area contributed by atoms with Gasteiger partial charge in [-0.25, -0.2) is 4.39 Å². The van der Waals surface area contributed by atoms with Crippen LogP contribution in [0, 0.1) is 11.2 Å². The maximum absolute atomic E-state index is 13.0. The second kappa shape index (κ2) is 4.79. The van der Waals surface area contributed by atoms with Crippen molar-refractivity contribution in [3.05, 3.63) is 35.1 Å². The molecule has 0 radical (unpaired) electrons. The highest BCUT2D eigenvalue weighted by molar-refractivity contribution is 5.95. The van der Waals surface area contributed by atoms with Crippen LogP contribution >= 0.6 is 12.4 Å². The van der Waals surface area contributed by atoms with Gasteiger partial charge < -0.3 is 11.5 Å². The minimum Gasteiger partial charge on any atom is -0.384 e. The lowest BCUT2D eigenvalue weighted by Crippen LogP contribution is -2.13. The molecule has 0 heterocycles. The fourth-order valence-electron chi connectivity index (χ4n) is 0.904. The van der Waals surface area contributed by atoms with Crippen LogP contribution in [-0.4, -0.2) is 5.84 Å². The molecule has 0 atom stereocenters. The van der Waals surface area contributed by atoms with Crippen LogP contribution in [0.5, 0.6) is 0 Å². The Bertz CT molecular complexity index is 314. The van der Waals surface area contributed by atoms with E-state index in [0.717, 1.165) is 0 Å². The third kappa shape index (κ3) is 2.68. The van der Waals surface area contributed by atoms with Crippen molar-refractivity contribution in [3.63, 3.8) is 0 Å². The maximum atomic E-state index is 13.0. The minimum atomic E-state index is -0.495. The smallest absolute Gasteiger partial charge is 0.134 e. The van der Waals surface area contributed by atoms with Gasteiger partial charge in [0.2, 0.25) is 0 Å². The lowest BCUT2D eigenvalue weighted by atomic mass is 10.1. The Morgan fingerprint density at radius 2 is 2.08 bits per heavy atom. The molecule has 0 amide bonds. The van der Waals surface area contributed by atoms with Gasteiger partial charge in [0.15, 0.2) is 0 Å². The van der Waals surface area contributed by atoms with Crippen molar-refractivity contribution in [2.24, 2.45) is 11.5 Å². The first-order valence-electron chi connectivity index (χ1n) is 3.48. The summed E-state index contributed by atoms with van der Waals surface area (Å²) in [5.41, 5.74) is 11.2. The van der Waals surface area contributed by atoms with Gasteiger partial charge >= 0.3 is 0 Å². The van der Waals surface area contributed by atoms with Crippen LogP contribution in [-0.2, 0) is 6.54 Å². The second-order valence-electron chi connectivity index (χ2n) is 2.43. The van der Waals surface area contributed by atoms with Gasteiger partial charge in [0.1, 0.15) is 11.7 Å². The first-order chi connectivity index (χ1) is 5.65. The predicted octanol–water partition coefficient (Wildman–Crippen LogP) is 0.990. The Morgan fingerprint density at radius 3 is 2.46 bits per heavy atom. The van der Waals surface area contributed by atoms with E-state index in [2.05, 4.69) is 0 Å². The molecule has 5 heteroatoms. The van der Waals surface area contributed by atoms with E-state index in [-0.39, 0.29) is 30.4 Å². The Balaban J connectivity index is 0.00000144. The van der Waals surface area contributed by atoms with Gasteiger partial charge in [0.05, 0.1) is 5.56 Å². The van der Waals surface area contributed by atoms with Crippen LogP contribution in [0.3, 0.4) is 0 Å². The number of nitrogens with one attached hydrogen (secondary N) is 1. The summed E-state index contributed by atoms with van der Waals surface area (Å²) in [6.07, 6.45) is 0. The van der Waals surface area contributed by atoms with Gasteiger partial charge in [-0.05, 0) is 17.7 Å². The number of rotatable bonds is 2. The van der Waals surface area contributed by atoms with Crippen molar-refractivity contribution in [2.45, 2.75) is 6.54 Å². The van der Waals surface area contributed by atoms with Gasteiger partial charge in [-0.15, -0.1) is 12.4 Å². The van der Waals surface area contributed by atoms with Crippen LogP contribution in [0.4, 0.5) is 4.39 Å². The summed E-state index contributed by atoms with van der Waals surface area (Å²) >= 11 is 0. The average Bonchev–Trinajstić information content (AvgIpc) is 2.03. The van der Waals surface area contributed by atoms with Gasteiger partial charge in [-0.1, -0.05) is 6.07 Å². The van der Waals surface area contributed by atoms with Crippen LogP contribution in [0.1, 0.15) is 11.1 Å². The standard InChI is InChI=1S/C8H10FN3.ClH/c9-7-3-5(4-10)1-2-6(7)8(11)12;/h1-3H,4,10H2,(H3,11,12);1H. The van der Waals surface area contributed by atoms with Crippen molar-refractivity contribution in [1.29, 1.82) is 5.41 Å². The maximum Gasteiger partial charge on any atom is 0.134 e. The quantitative estimate of drug-likeness (QED) is 0.495. The minimum absolute atomic E-state index is 0. The molecule has 1 aromatic carbocycles. The molecular weight excluding hydrogens is 193 g/mol. The van der Waals surface area contributed by atoms with E-state index < -0.39 is 5.82 Å². The molecule has 1 aromatic rings. The van der Waals surface area contributed by atoms with Crippen molar-refractivity contribution in [2.75, 3.05) is 0 Å². The highest BCUT2D eigenvalue weighted by Gasteiger charge is 2.04. The van der Waals surface area contributed by atoms with Gasteiger partial charge in [-0.3, -0.25) is 5.41 Å². The van der Waals surface area contributed by atoms with Crippen LogP contribution in [0.2, 0.25) is 0 Å². The number of nitrogens with two attached hydrogens (primary N) is 2. The lowest BCUT2D eigenvalue weighted by Gasteiger charge is -2.02. The zero-order valence-electron chi connectivity index (χ0n) is 6.88. The van der Waals surface area contributed by atoms with Crippen LogP contribution in [0.15, 0.2) is 18.2 Å². The number of amidine groups is 1. The van der Waals surface area contributed by atoms with Crippen molar-refractivity contribution < 1.29 is 4.39 Å². The Morgan fingerprint density at radius 1 is 1.46 bits per heavy atom. The number of hydrogen-bond acceptors (Lipinski definition) is 2. The summed E-state index contributed by atoms with van der Waals surface area (Å²) in [4.78, 5) is 0. The van der Waals surface area contributed by atoms with E-state index in [4.69, 9.17) is 16.9 Å². The van der Waals surface area contributed by atoms with E-state index in [1.807, 2.05) is 0 Å². The first kappa shape index (κ1) is 11.9. The summed E-state index contributed by atoms with van der Waals surface area (Å²) in [6.45, 7) is 0.287. The molecule has 3 nitrogen and oxygen atoms in total. The fraction of sp³-hybridized carbons (Fsp3) is 0.125. The second-order valence-corrected chi connectivity index (χ2v) is 2.43. The van der Waals surface area contributed by atoms with Gasteiger partial charge in [0, 0.05) is 6.54 Å². The Hall–Kier alpha value is -1.13. The summed E-state index contributed by atoms with van der Waals surface area (Å²) in [7, 11) is 0. The molecule has 0 aliphatic heterocycles. The topological polar surface area (TPSA) is 75.9 Å². The molecule has 0 spiro atoms. The van der Waals surface area contributed by atoms with Crippen molar-refractivity contribution in [1.82, 2.24) is 0 Å². The van der Waals surface area contributed by atoms with E-state index >= 15 is 0 Å². The molecule has 0 aliphatic carbocycles. The van der Waals surface area contributed by atoms with Crippen LogP contribution < -0.4 is 11.5 Å². The zero-order valence-corrected chi connectivity index (χ0v) is 7.70. The number of benzene rings is 1. The van der Waals surface area contributed by atoms with E-state index in [1.165, 1.54) is 12.1 Å². The highest BCUT2D eigenvalue weighted by Crippen LogP contribution is 2.08. The molecule has 0 fully saturated rings. The Kier molecular flexibility index (Phi) is 4.37. The van der Waals surface area contributed by atoms with Crippen LogP contribution in [0.25, 0.3) is 0 Å². The highest BCUT2D eigenvalue weighted by atomic mass is 35.5. The molecule has 0 bridgehead atoms. The molecule has 0 unspecified atom stereocenters. The molecule has 13 heavy (non-hydrogen) atoms. The summed E-state index contributed by atoms with van der Waals surface area (Å²) in [5, 5.41) is 7.01. The molecule has 5 N–H and O–H groups in total. The summed E-state index contributed by atoms with van der Waals surface area (Å²) < 4.78 is 13.0. The monoisotopic (exact) mass is 203 g/mol. The summed E-state index contributed by atoms with van der Waals surface area (Å²) in [5.74, 6) is -0.762. The van der Waals surface area contributed by atoms with Gasteiger partial charge in [0.25, 0.3) is 0 Å². The zero-order chi connectivity index (χ0) is 9.14. The number of hydrogen-bond donors (Lipinski definition) is 3. The molecule has 0 saturated carbocycles. The summed E-state index contributed by atoms with van der Waals surface area (Å²) in [6, 6.07) is 4.40. The van der Waals surface area contributed by atoms with E-state index in [1.54, 1.807) is 6.07 Å². The molecule has 0 aromatic heterocycles. The number of nitrogen functional groups attached to an aromatic ring is 1. The van der Waals surface area contributed by atoms with Gasteiger partial charge in [-0.2, -0.15) is 0 Å². The van der Waals surface area contributed by atoms with Crippen molar-refractivity contribution >= 4 is 18.2 Å². The third-order valence-corrected chi connectivity index (χ3v) is 1.56. The fourth-order valence-corrected chi connectivity index (χ4v) is 0.904. The molecule has 0 aliphatic rings. The molecule has 0 saturated heterocycles. The Labute approximate surface area is 81.8 Å². The number of halogens is 2. The average molecular weight is 204 g/mol. The molecular formula is C8H11ClFN3. The lowest BCUT2D eigenvalue weighted by molar-refractivity contribution is 0.622. The SMILES string of the molecule is Cl.N=C(N)c1ccc(CN)cc1F.